The Morgan fingerprint density at radius 2 is 1.63 bits per heavy atom. The zero-order chi connectivity index (χ0) is 13.7. The van der Waals surface area contributed by atoms with Crippen LogP contribution in [0.3, 0.4) is 0 Å². The highest BCUT2D eigenvalue weighted by molar-refractivity contribution is 6.00. The summed E-state index contributed by atoms with van der Waals surface area (Å²) in [5.74, 6) is 0. The molecule has 0 aromatic heterocycles. The van der Waals surface area contributed by atoms with Crippen molar-refractivity contribution in [1.29, 1.82) is 0 Å². The summed E-state index contributed by atoms with van der Waals surface area (Å²) in [7, 11) is 0. The minimum atomic E-state index is 0.941. The van der Waals surface area contributed by atoms with Gasteiger partial charge in [0.05, 0.1) is 5.69 Å². The second-order valence-corrected chi connectivity index (χ2v) is 4.54. The second kappa shape index (κ2) is 6.14. The Morgan fingerprint density at radius 1 is 1.00 bits per heavy atom. The van der Waals surface area contributed by atoms with E-state index in [0.717, 1.165) is 34.5 Å². The Bertz CT molecular complexity index is 594. The van der Waals surface area contributed by atoms with Crippen molar-refractivity contribution in [3.8, 4) is 0 Å². The van der Waals surface area contributed by atoms with Crippen LogP contribution in [0.1, 0.15) is 31.4 Å². The number of rotatable bonds is 4. The summed E-state index contributed by atoms with van der Waals surface area (Å²) in [5.41, 5.74) is 5.44. The zero-order valence-electron chi connectivity index (χ0n) is 11.6. The van der Waals surface area contributed by atoms with Crippen LogP contribution < -0.4 is 0 Å². The van der Waals surface area contributed by atoms with Gasteiger partial charge in [0.15, 0.2) is 0 Å². The predicted octanol–water partition coefficient (Wildman–Crippen LogP) is 5.25. The third-order valence-electron chi connectivity index (χ3n) is 3.19. The lowest BCUT2D eigenvalue weighted by atomic mass is 10.0. The van der Waals surface area contributed by atoms with Gasteiger partial charge in [-0.2, -0.15) is 0 Å². The summed E-state index contributed by atoms with van der Waals surface area (Å²) in [6, 6.07) is 18.4. The molecule has 19 heavy (non-hydrogen) atoms. The van der Waals surface area contributed by atoms with E-state index in [0.29, 0.717) is 0 Å². The Hall–Kier alpha value is -2.15. The van der Waals surface area contributed by atoms with Crippen LogP contribution in [0.5, 0.6) is 0 Å². The number of hydrogen-bond acceptors (Lipinski definition) is 1. The lowest BCUT2D eigenvalue weighted by molar-refractivity contribution is 1.24. The van der Waals surface area contributed by atoms with E-state index in [1.807, 2.05) is 43.3 Å². The summed E-state index contributed by atoms with van der Waals surface area (Å²) in [6.45, 7) is 8.28. The van der Waals surface area contributed by atoms with Gasteiger partial charge in [0, 0.05) is 11.3 Å². The standard InChI is InChI=1S/C18H19N/c1-4-14(2)17-12-8-9-13-18(17)19-15(3)16-10-6-5-7-11-16/h5-13H,2,4H2,1,3H3. The van der Waals surface area contributed by atoms with Gasteiger partial charge in [-0.15, -0.1) is 0 Å². The molecule has 0 fully saturated rings. The second-order valence-electron chi connectivity index (χ2n) is 4.54. The van der Waals surface area contributed by atoms with Crippen LogP contribution in [0.4, 0.5) is 5.69 Å². The molecule has 0 radical (unpaired) electrons. The molecule has 0 unspecified atom stereocenters. The molecule has 0 saturated heterocycles. The molecule has 0 atom stereocenters. The Kier molecular flexibility index (Phi) is 4.30. The highest BCUT2D eigenvalue weighted by Gasteiger charge is 2.04. The first kappa shape index (κ1) is 13.3. The quantitative estimate of drug-likeness (QED) is 0.656. The average molecular weight is 249 g/mol. The monoisotopic (exact) mass is 249 g/mol. The normalized spacial score (nSPS) is 11.4. The lowest BCUT2D eigenvalue weighted by Crippen LogP contribution is -1.93. The first-order valence-electron chi connectivity index (χ1n) is 6.60. The molecule has 2 rings (SSSR count). The minimum absolute atomic E-state index is 0.941. The van der Waals surface area contributed by atoms with Crippen molar-refractivity contribution in [1.82, 2.24) is 0 Å². The third-order valence-corrected chi connectivity index (χ3v) is 3.19. The highest BCUT2D eigenvalue weighted by atomic mass is 14.7. The smallest absolute Gasteiger partial charge is 0.0707 e. The fourth-order valence-corrected chi connectivity index (χ4v) is 1.99. The Balaban J connectivity index is 2.41. The first-order chi connectivity index (χ1) is 9.22. The highest BCUT2D eigenvalue weighted by Crippen LogP contribution is 2.27. The molecular weight excluding hydrogens is 230 g/mol. The molecule has 0 bridgehead atoms. The van der Waals surface area contributed by atoms with Gasteiger partial charge in [-0.25, -0.2) is 0 Å². The lowest BCUT2D eigenvalue weighted by Gasteiger charge is -2.08. The largest absolute Gasteiger partial charge is 0.253 e. The van der Waals surface area contributed by atoms with Crippen molar-refractivity contribution in [2.24, 2.45) is 4.99 Å². The molecule has 1 nitrogen and oxygen atoms in total. The molecule has 2 aromatic rings. The topological polar surface area (TPSA) is 12.4 Å². The summed E-state index contributed by atoms with van der Waals surface area (Å²) in [6.07, 6.45) is 0.941. The van der Waals surface area contributed by atoms with Gasteiger partial charge in [-0.3, -0.25) is 4.99 Å². The van der Waals surface area contributed by atoms with Crippen LogP contribution in [0.15, 0.2) is 66.2 Å². The van der Waals surface area contributed by atoms with E-state index in [1.165, 1.54) is 0 Å². The van der Waals surface area contributed by atoms with Crippen LogP contribution in [-0.4, -0.2) is 5.71 Å². The van der Waals surface area contributed by atoms with E-state index in [9.17, 15) is 0 Å². The number of para-hydroxylation sites is 1. The maximum atomic E-state index is 4.75. The van der Waals surface area contributed by atoms with Gasteiger partial charge < -0.3 is 0 Å². The third kappa shape index (κ3) is 3.19. The van der Waals surface area contributed by atoms with Crippen LogP contribution in [-0.2, 0) is 0 Å². The molecule has 0 N–H and O–H groups in total. The van der Waals surface area contributed by atoms with E-state index in [-0.39, 0.29) is 0 Å². The van der Waals surface area contributed by atoms with E-state index in [2.05, 4.69) is 31.7 Å². The summed E-state index contributed by atoms with van der Waals surface area (Å²) >= 11 is 0. The molecule has 0 aliphatic carbocycles. The van der Waals surface area contributed by atoms with Gasteiger partial charge >= 0.3 is 0 Å². The van der Waals surface area contributed by atoms with Crippen molar-refractivity contribution in [2.45, 2.75) is 20.3 Å². The molecule has 0 saturated carbocycles. The van der Waals surface area contributed by atoms with Crippen molar-refractivity contribution >= 4 is 17.0 Å². The van der Waals surface area contributed by atoms with Crippen LogP contribution >= 0.6 is 0 Å². The minimum Gasteiger partial charge on any atom is -0.253 e. The molecule has 0 spiro atoms. The number of allylic oxidation sites excluding steroid dienone is 1. The molecule has 0 aliphatic heterocycles. The zero-order valence-corrected chi connectivity index (χ0v) is 11.6. The van der Waals surface area contributed by atoms with E-state index >= 15 is 0 Å². The van der Waals surface area contributed by atoms with Crippen LogP contribution in [0.2, 0.25) is 0 Å². The van der Waals surface area contributed by atoms with E-state index < -0.39 is 0 Å². The van der Waals surface area contributed by atoms with Gasteiger partial charge in [0.2, 0.25) is 0 Å². The van der Waals surface area contributed by atoms with Gasteiger partial charge in [0.1, 0.15) is 0 Å². The van der Waals surface area contributed by atoms with E-state index in [4.69, 9.17) is 4.99 Å². The van der Waals surface area contributed by atoms with Crippen molar-refractivity contribution < 1.29 is 0 Å². The van der Waals surface area contributed by atoms with Crippen LogP contribution in [0, 0.1) is 0 Å². The van der Waals surface area contributed by atoms with Crippen LogP contribution in [0.25, 0.3) is 5.57 Å². The maximum absolute atomic E-state index is 4.75. The molecule has 2 aromatic carbocycles. The van der Waals surface area contributed by atoms with Gasteiger partial charge in [-0.1, -0.05) is 62.0 Å². The van der Waals surface area contributed by atoms with Gasteiger partial charge in [0.25, 0.3) is 0 Å². The summed E-state index contributed by atoms with van der Waals surface area (Å²) in [4.78, 5) is 4.75. The molecular formula is C18H19N. The predicted molar refractivity (Wildman–Crippen MR) is 84.1 cm³/mol. The van der Waals surface area contributed by atoms with E-state index in [1.54, 1.807) is 0 Å². The number of aliphatic imine (C=N–C) groups is 1. The van der Waals surface area contributed by atoms with Crippen molar-refractivity contribution in [2.75, 3.05) is 0 Å². The van der Waals surface area contributed by atoms with Crippen molar-refractivity contribution in [3.63, 3.8) is 0 Å². The number of hydrogen-bond donors (Lipinski definition) is 0. The SMILES string of the molecule is C=C(CC)c1ccccc1N=C(C)c1ccccc1. The maximum Gasteiger partial charge on any atom is 0.0707 e. The number of nitrogens with zero attached hydrogens (tertiary/aromatic N) is 1. The Labute approximate surface area is 115 Å². The van der Waals surface area contributed by atoms with Gasteiger partial charge in [-0.05, 0) is 30.5 Å². The molecule has 0 aliphatic rings. The molecule has 1 heteroatoms. The summed E-state index contributed by atoms with van der Waals surface area (Å²) in [5, 5.41) is 0. The fraction of sp³-hybridized carbons (Fsp3) is 0.167. The average Bonchev–Trinajstić information content (AvgIpc) is 2.48. The molecule has 0 amide bonds. The Morgan fingerprint density at radius 3 is 2.32 bits per heavy atom. The summed E-state index contributed by atoms with van der Waals surface area (Å²) < 4.78 is 0. The molecule has 0 heterocycles. The first-order valence-corrected chi connectivity index (χ1v) is 6.60. The molecule has 96 valence electrons. The number of benzene rings is 2. The van der Waals surface area contributed by atoms with Crippen molar-refractivity contribution in [3.05, 3.63) is 72.3 Å². The fourth-order valence-electron chi connectivity index (χ4n) is 1.99.